The monoisotopic (exact) mass is 467 g/mol. The summed E-state index contributed by atoms with van der Waals surface area (Å²) in [5.74, 6) is -0.351. The van der Waals surface area contributed by atoms with E-state index in [1.807, 2.05) is 47.4 Å². The van der Waals surface area contributed by atoms with Crippen LogP contribution < -0.4 is 0 Å². The fourth-order valence-electron chi connectivity index (χ4n) is 4.55. The van der Waals surface area contributed by atoms with Gasteiger partial charge in [-0.2, -0.15) is 5.10 Å². The number of benzene rings is 1. The van der Waals surface area contributed by atoms with Crippen LogP contribution in [0.2, 0.25) is 0 Å². The molecule has 2 aliphatic heterocycles. The summed E-state index contributed by atoms with van der Waals surface area (Å²) in [4.78, 5) is 21.4. The number of piperazine rings is 1. The molecule has 0 aliphatic carbocycles. The molecule has 3 aromatic rings. The Bertz CT molecular complexity index is 1240. The highest BCUT2D eigenvalue weighted by Crippen LogP contribution is 2.26. The van der Waals surface area contributed by atoms with Gasteiger partial charge in [-0.1, -0.05) is 18.2 Å². The first-order valence-electron chi connectivity index (χ1n) is 10.9. The summed E-state index contributed by atoms with van der Waals surface area (Å²) in [6.45, 7) is 1.92. The summed E-state index contributed by atoms with van der Waals surface area (Å²) in [6.07, 6.45) is 4.24. The molecule has 33 heavy (non-hydrogen) atoms. The number of nitrogens with zero attached hydrogens (tertiary/aromatic N) is 5. The maximum absolute atomic E-state index is 13.5. The molecule has 10 heteroatoms. The summed E-state index contributed by atoms with van der Waals surface area (Å²) >= 11 is 0. The van der Waals surface area contributed by atoms with Crippen molar-refractivity contribution in [2.75, 3.05) is 37.7 Å². The van der Waals surface area contributed by atoms with Gasteiger partial charge in [0, 0.05) is 50.3 Å². The number of hydrogen-bond donors (Lipinski definition) is 1. The standard InChI is InChI=1S/C23H25N5O4S/c29-21-16-33(31,32)15-20(21)26-9-11-27(12-10-26)23(30)19-14-28(18-6-2-1-3-7-18)25-22(19)17-5-4-8-24-13-17/h1-8,13-14,20-21,29H,9-12,15-16H2/t20-,21-/m1/s1. The average Bonchev–Trinajstić information content (AvgIpc) is 3.40. The predicted octanol–water partition coefficient (Wildman–Crippen LogP) is 0.850. The Morgan fingerprint density at radius 3 is 2.39 bits per heavy atom. The molecule has 5 rings (SSSR count). The maximum Gasteiger partial charge on any atom is 0.257 e. The zero-order valence-corrected chi connectivity index (χ0v) is 18.8. The number of aliphatic hydroxyl groups is 1. The fourth-order valence-corrected chi connectivity index (χ4v) is 6.38. The first kappa shape index (κ1) is 21.7. The number of carbonyl (C=O) groups excluding carboxylic acids is 1. The molecular weight excluding hydrogens is 442 g/mol. The second-order valence-electron chi connectivity index (χ2n) is 8.45. The molecular formula is C23H25N5O4S. The van der Waals surface area contributed by atoms with Gasteiger partial charge in [0.15, 0.2) is 9.84 Å². The van der Waals surface area contributed by atoms with Gasteiger partial charge in [-0.3, -0.25) is 14.7 Å². The van der Waals surface area contributed by atoms with Gasteiger partial charge in [0.2, 0.25) is 0 Å². The Hall–Kier alpha value is -3.08. The Morgan fingerprint density at radius 1 is 1.00 bits per heavy atom. The summed E-state index contributed by atoms with van der Waals surface area (Å²) < 4.78 is 25.5. The van der Waals surface area contributed by atoms with Crippen LogP contribution in [0.3, 0.4) is 0 Å². The van der Waals surface area contributed by atoms with Crippen molar-refractivity contribution in [3.8, 4) is 16.9 Å². The van der Waals surface area contributed by atoms with Crippen molar-refractivity contribution in [1.82, 2.24) is 24.6 Å². The molecule has 0 saturated carbocycles. The number of rotatable bonds is 4. The van der Waals surface area contributed by atoms with Gasteiger partial charge in [-0.15, -0.1) is 0 Å². The highest BCUT2D eigenvalue weighted by atomic mass is 32.2. The van der Waals surface area contributed by atoms with Crippen LogP contribution in [-0.2, 0) is 9.84 Å². The molecule has 0 bridgehead atoms. The number of hydrogen-bond acceptors (Lipinski definition) is 7. The van der Waals surface area contributed by atoms with E-state index in [0.29, 0.717) is 37.4 Å². The van der Waals surface area contributed by atoms with Crippen LogP contribution in [0.4, 0.5) is 0 Å². The van der Waals surface area contributed by atoms with Crippen molar-refractivity contribution in [2.24, 2.45) is 0 Å². The van der Waals surface area contributed by atoms with Crippen LogP contribution in [0.5, 0.6) is 0 Å². The quantitative estimate of drug-likeness (QED) is 0.606. The van der Waals surface area contributed by atoms with E-state index in [2.05, 4.69) is 10.1 Å². The molecule has 2 aromatic heterocycles. The molecule has 0 unspecified atom stereocenters. The Labute approximate surface area is 192 Å². The third kappa shape index (κ3) is 4.41. The van der Waals surface area contributed by atoms with Crippen molar-refractivity contribution in [1.29, 1.82) is 0 Å². The minimum absolute atomic E-state index is 0.0306. The normalized spacial score (nSPS) is 23.0. The highest BCUT2D eigenvalue weighted by Gasteiger charge is 2.41. The molecule has 2 saturated heterocycles. The van der Waals surface area contributed by atoms with E-state index in [1.165, 1.54) is 0 Å². The lowest BCUT2D eigenvalue weighted by Gasteiger charge is -2.38. The molecule has 2 fully saturated rings. The van der Waals surface area contributed by atoms with Gasteiger partial charge < -0.3 is 10.0 Å². The minimum Gasteiger partial charge on any atom is -0.390 e. The van der Waals surface area contributed by atoms with Crippen molar-refractivity contribution in [2.45, 2.75) is 12.1 Å². The molecule has 1 aromatic carbocycles. The second-order valence-corrected chi connectivity index (χ2v) is 10.6. The summed E-state index contributed by atoms with van der Waals surface area (Å²) in [5, 5.41) is 14.9. The molecule has 0 spiro atoms. The van der Waals surface area contributed by atoms with E-state index in [1.54, 1.807) is 28.2 Å². The molecule has 2 aliphatic rings. The Balaban J connectivity index is 1.38. The first-order chi connectivity index (χ1) is 15.9. The second kappa shape index (κ2) is 8.69. The number of amides is 1. The van der Waals surface area contributed by atoms with Crippen LogP contribution in [0, 0.1) is 0 Å². The molecule has 2 atom stereocenters. The zero-order valence-electron chi connectivity index (χ0n) is 18.0. The van der Waals surface area contributed by atoms with Crippen molar-refractivity contribution in [3.63, 3.8) is 0 Å². The van der Waals surface area contributed by atoms with Crippen LogP contribution in [0.15, 0.2) is 61.1 Å². The third-order valence-electron chi connectivity index (χ3n) is 6.26. The molecule has 0 radical (unpaired) electrons. The van der Waals surface area contributed by atoms with E-state index >= 15 is 0 Å². The topological polar surface area (TPSA) is 109 Å². The van der Waals surface area contributed by atoms with E-state index in [9.17, 15) is 18.3 Å². The Morgan fingerprint density at radius 2 is 1.76 bits per heavy atom. The molecule has 172 valence electrons. The van der Waals surface area contributed by atoms with Crippen molar-refractivity contribution < 1.29 is 18.3 Å². The van der Waals surface area contributed by atoms with Crippen molar-refractivity contribution >= 4 is 15.7 Å². The van der Waals surface area contributed by atoms with Gasteiger partial charge in [-0.05, 0) is 24.3 Å². The number of pyridine rings is 1. The number of para-hydroxylation sites is 1. The van der Waals surface area contributed by atoms with Gasteiger partial charge in [-0.25, -0.2) is 13.1 Å². The minimum atomic E-state index is -3.22. The SMILES string of the molecule is O=C(c1cn(-c2ccccc2)nc1-c1cccnc1)N1CCN([C@@H]2CS(=O)(=O)C[C@H]2O)CC1. The Kier molecular flexibility index (Phi) is 5.73. The fraction of sp³-hybridized carbons (Fsp3) is 0.348. The highest BCUT2D eigenvalue weighted by molar-refractivity contribution is 7.91. The average molecular weight is 468 g/mol. The van der Waals surface area contributed by atoms with E-state index < -0.39 is 22.0 Å². The largest absolute Gasteiger partial charge is 0.390 e. The van der Waals surface area contributed by atoms with Gasteiger partial charge in [0.1, 0.15) is 5.69 Å². The number of sulfone groups is 1. The smallest absolute Gasteiger partial charge is 0.257 e. The molecule has 1 N–H and O–H groups in total. The van der Waals surface area contributed by atoms with Crippen LogP contribution in [-0.4, -0.2) is 93.8 Å². The number of carbonyl (C=O) groups is 1. The van der Waals surface area contributed by atoms with Gasteiger partial charge >= 0.3 is 0 Å². The third-order valence-corrected chi connectivity index (χ3v) is 7.96. The predicted molar refractivity (Wildman–Crippen MR) is 123 cm³/mol. The van der Waals surface area contributed by atoms with Crippen LogP contribution in [0.25, 0.3) is 16.9 Å². The lowest BCUT2D eigenvalue weighted by molar-refractivity contribution is 0.0377. The lowest BCUT2D eigenvalue weighted by atomic mass is 10.1. The van der Waals surface area contributed by atoms with E-state index in [-0.39, 0.29) is 17.4 Å². The van der Waals surface area contributed by atoms with Crippen LogP contribution in [0.1, 0.15) is 10.4 Å². The molecule has 4 heterocycles. The van der Waals surface area contributed by atoms with Crippen LogP contribution >= 0.6 is 0 Å². The van der Waals surface area contributed by atoms with Crippen molar-refractivity contribution in [3.05, 3.63) is 66.6 Å². The summed E-state index contributed by atoms with van der Waals surface area (Å²) in [7, 11) is -3.22. The molecule has 9 nitrogen and oxygen atoms in total. The maximum atomic E-state index is 13.5. The first-order valence-corrected chi connectivity index (χ1v) is 12.7. The van der Waals surface area contributed by atoms with E-state index in [4.69, 9.17) is 0 Å². The zero-order chi connectivity index (χ0) is 23.0. The van der Waals surface area contributed by atoms with Gasteiger partial charge in [0.25, 0.3) is 5.91 Å². The number of aliphatic hydroxyl groups excluding tert-OH is 1. The van der Waals surface area contributed by atoms with Gasteiger partial charge in [0.05, 0.1) is 34.9 Å². The number of aromatic nitrogens is 3. The summed E-state index contributed by atoms with van der Waals surface area (Å²) in [6, 6.07) is 12.9. The molecule has 1 amide bonds. The lowest BCUT2D eigenvalue weighted by Crippen LogP contribution is -2.54. The summed E-state index contributed by atoms with van der Waals surface area (Å²) in [5.41, 5.74) is 2.66. The van der Waals surface area contributed by atoms with E-state index in [0.717, 1.165) is 11.3 Å².